The zero-order chi connectivity index (χ0) is 11.3. The molecule has 1 rings (SSSR count). The molecule has 0 fully saturated rings. The van der Waals surface area contributed by atoms with E-state index in [0.717, 1.165) is 0 Å². The van der Waals surface area contributed by atoms with Gasteiger partial charge in [-0.05, 0) is 13.0 Å². The fourth-order valence-corrected chi connectivity index (χ4v) is 1.09. The first-order valence-electron chi connectivity index (χ1n) is 4.75. The van der Waals surface area contributed by atoms with Crippen LogP contribution in [0.15, 0.2) is 18.5 Å². The number of carbonyl (C=O) groups is 2. The van der Waals surface area contributed by atoms with Crippen LogP contribution in [0.4, 0.5) is 0 Å². The minimum absolute atomic E-state index is 0.00497. The number of rotatable bonds is 4. The monoisotopic (exact) mass is 207 g/mol. The molecule has 0 saturated heterocycles. The van der Waals surface area contributed by atoms with Crippen molar-refractivity contribution in [3.63, 3.8) is 0 Å². The molecule has 15 heavy (non-hydrogen) atoms. The van der Waals surface area contributed by atoms with E-state index in [9.17, 15) is 9.59 Å². The zero-order valence-electron chi connectivity index (χ0n) is 8.73. The van der Waals surface area contributed by atoms with Gasteiger partial charge in [0.05, 0.1) is 24.0 Å². The Bertz CT molecular complexity index is 351. The average molecular weight is 207 g/mol. The zero-order valence-corrected chi connectivity index (χ0v) is 8.73. The maximum atomic E-state index is 11.5. The van der Waals surface area contributed by atoms with Gasteiger partial charge in [-0.1, -0.05) is 6.92 Å². The van der Waals surface area contributed by atoms with Crippen LogP contribution < -0.4 is 5.32 Å². The first-order valence-corrected chi connectivity index (χ1v) is 4.75. The summed E-state index contributed by atoms with van der Waals surface area (Å²) in [5.41, 5.74) is 0.403. The van der Waals surface area contributed by atoms with Crippen molar-refractivity contribution in [3.05, 3.63) is 24.0 Å². The number of amides is 1. The van der Waals surface area contributed by atoms with Gasteiger partial charge >= 0.3 is 0 Å². The van der Waals surface area contributed by atoms with Gasteiger partial charge in [0.1, 0.15) is 0 Å². The molecule has 0 bridgehead atoms. The van der Waals surface area contributed by atoms with Crippen molar-refractivity contribution in [2.24, 2.45) is 0 Å². The summed E-state index contributed by atoms with van der Waals surface area (Å²) in [6.45, 7) is 3.43. The molecular formula is C10H13N3O2. The van der Waals surface area contributed by atoms with Crippen molar-refractivity contribution in [1.29, 1.82) is 0 Å². The Balaban J connectivity index is 2.61. The number of Topliss-reactive ketones (excluding diaryl/α,β-unsaturated/α-hetero) is 1. The summed E-state index contributed by atoms with van der Waals surface area (Å²) in [7, 11) is 0. The molecule has 1 heterocycles. The minimum atomic E-state index is -0.462. The van der Waals surface area contributed by atoms with Crippen LogP contribution in [-0.2, 0) is 4.79 Å². The SMILES string of the molecule is CCC(=O)C(C)NC(=O)c1ccnnc1. The van der Waals surface area contributed by atoms with Crippen LogP contribution in [0.25, 0.3) is 0 Å². The van der Waals surface area contributed by atoms with Crippen LogP contribution in [0, 0.1) is 0 Å². The van der Waals surface area contributed by atoms with Gasteiger partial charge in [-0.15, -0.1) is 0 Å². The molecule has 0 saturated carbocycles. The highest BCUT2D eigenvalue weighted by Gasteiger charge is 2.14. The molecule has 5 heteroatoms. The van der Waals surface area contributed by atoms with Crippen molar-refractivity contribution in [3.8, 4) is 0 Å². The molecular weight excluding hydrogens is 194 g/mol. The lowest BCUT2D eigenvalue weighted by atomic mass is 10.1. The maximum Gasteiger partial charge on any atom is 0.253 e. The van der Waals surface area contributed by atoms with Crippen molar-refractivity contribution in [1.82, 2.24) is 15.5 Å². The first-order chi connectivity index (χ1) is 7.15. The Labute approximate surface area is 87.9 Å². The molecule has 1 N–H and O–H groups in total. The molecule has 0 spiro atoms. The minimum Gasteiger partial charge on any atom is -0.342 e. The second-order valence-corrected chi connectivity index (χ2v) is 3.15. The number of nitrogens with zero attached hydrogens (tertiary/aromatic N) is 2. The fourth-order valence-electron chi connectivity index (χ4n) is 1.09. The second kappa shape index (κ2) is 5.19. The Hall–Kier alpha value is -1.78. The Kier molecular flexibility index (Phi) is 3.91. The van der Waals surface area contributed by atoms with Gasteiger partial charge in [-0.2, -0.15) is 10.2 Å². The largest absolute Gasteiger partial charge is 0.342 e. The van der Waals surface area contributed by atoms with Crippen LogP contribution in [0.2, 0.25) is 0 Å². The molecule has 1 amide bonds. The Morgan fingerprint density at radius 1 is 1.47 bits per heavy atom. The normalized spacial score (nSPS) is 11.9. The fraction of sp³-hybridized carbons (Fsp3) is 0.400. The van der Waals surface area contributed by atoms with Gasteiger partial charge in [0.2, 0.25) is 0 Å². The highest BCUT2D eigenvalue weighted by Crippen LogP contribution is 1.96. The number of aromatic nitrogens is 2. The highest BCUT2D eigenvalue weighted by molar-refractivity contribution is 5.97. The van der Waals surface area contributed by atoms with E-state index >= 15 is 0 Å². The third-order valence-electron chi connectivity index (χ3n) is 2.03. The van der Waals surface area contributed by atoms with E-state index in [2.05, 4.69) is 15.5 Å². The average Bonchev–Trinajstić information content (AvgIpc) is 2.29. The molecule has 0 aromatic carbocycles. The van der Waals surface area contributed by atoms with Crippen LogP contribution in [-0.4, -0.2) is 27.9 Å². The van der Waals surface area contributed by atoms with Crippen LogP contribution in [0.1, 0.15) is 30.6 Å². The van der Waals surface area contributed by atoms with Gasteiger partial charge in [0.25, 0.3) is 5.91 Å². The summed E-state index contributed by atoms with van der Waals surface area (Å²) in [5.74, 6) is -0.301. The molecule has 0 radical (unpaired) electrons. The van der Waals surface area contributed by atoms with Gasteiger partial charge in [-0.25, -0.2) is 0 Å². The lowest BCUT2D eigenvalue weighted by Gasteiger charge is -2.11. The molecule has 5 nitrogen and oxygen atoms in total. The molecule has 0 aliphatic carbocycles. The molecule has 1 atom stereocenters. The predicted octanol–water partition coefficient (Wildman–Crippen LogP) is 0.574. The van der Waals surface area contributed by atoms with E-state index in [4.69, 9.17) is 0 Å². The lowest BCUT2D eigenvalue weighted by Crippen LogP contribution is -2.38. The van der Waals surface area contributed by atoms with Crippen LogP contribution in [0.3, 0.4) is 0 Å². The third kappa shape index (κ3) is 3.12. The van der Waals surface area contributed by atoms with Crippen molar-refractivity contribution in [2.45, 2.75) is 26.3 Å². The Morgan fingerprint density at radius 2 is 2.20 bits per heavy atom. The molecule has 1 aromatic rings. The topological polar surface area (TPSA) is 72.0 Å². The van der Waals surface area contributed by atoms with E-state index in [-0.39, 0.29) is 11.7 Å². The number of ketones is 1. The first kappa shape index (κ1) is 11.3. The van der Waals surface area contributed by atoms with Crippen molar-refractivity contribution in [2.75, 3.05) is 0 Å². The predicted molar refractivity (Wildman–Crippen MR) is 54.3 cm³/mol. The standard InChI is InChI=1S/C10H13N3O2/c1-3-9(14)7(2)13-10(15)8-4-5-11-12-6-8/h4-7H,3H2,1-2H3,(H,13,15). The Morgan fingerprint density at radius 3 is 2.73 bits per heavy atom. The van der Waals surface area contributed by atoms with E-state index in [0.29, 0.717) is 12.0 Å². The quantitative estimate of drug-likeness (QED) is 0.783. The van der Waals surface area contributed by atoms with E-state index in [1.807, 2.05) is 0 Å². The van der Waals surface area contributed by atoms with Crippen LogP contribution in [0.5, 0.6) is 0 Å². The molecule has 1 aromatic heterocycles. The second-order valence-electron chi connectivity index (χ2n) is 3.15. The molecule has 0 aliphatic heterocycles. The van der Waals surface area contributed by atoms with Crippen molar-refractivity contribution < 1.29 is 9.59 Å². The number of nitrogens with one attached hydrogen (secondary N) is 1. The summed E-state index contributed by atoms with van der Waals surface area (Å²) in [6.07, 6.45) is 3.20. The third-order valence-corrected chi connectivity index (χ3v) is 2.03. The number of hydrogen-bond acceptors (Lipinski definition) is 4. The van der Waals surface area contributed by atoms with Gasteiger partial charge in [0, 0.05) is 6.42 Å². The maximum absolute atomic E-state index is 11.5. The highest BCUT2D eigenvalue weighted by atomic mass is 16.2. The van der Waals surface area contributed by atoms with Gasteiger partial charge < -0.3 is 5.32 Å². The summed E-state index contributed by atoms with van der Waals surface area (Å²) in [4.78, 5) is 22.8. The lowest BCUT2D eigenvalue weighted by molar-refractivity contribution is -0.120. The van der Waals surface area contributed by atoms with Gasteiger partial charge in [0.15, 0.2) is 5.78 Å². The molecule has 80 valence electrons. The van der Waals surface area contributed by atoms with E-state index in [1.165, 1.54) is 12.4 Å². The van der Waals surface area contributed by atoms with Gasteiger partial charge in [-0.3, -0.25) is 9.59 Å². The number of carbonyl (C=O) groups excluding carboxylic acids is 2. The van der Waals surface area contributed by atoms with E-state index in [1.54, 1.807) is 19.9 Å². The van der Waals surface area contributed by atoms with Crippen molar-refractivity contribution >= 4 is 11.7 Å². The van der Waals surface area contributed by atoms with Crippen LogP contribution >= 0.6 is 0 Å². The molecule has 1 unspecified atom stereocenters. The summed E-state index contributed by atoms with van der Waals surface area (Å²) < 4.78 is 0. The number of hydrogen-bond donors (Lipinski definition) is 1. The van der Waals surface area contributed by atoms with E-state index < -0.39 is 6.04 Å². The smallest absolute Gasteiger partial charge is 0.253 e. The summed E-state index contributed by atoms with van der Waals surface area (Å²) in [5, 5.41) is 9.73. The molecule has 0 aliphatic rings. The summed E-state index contributed by atoms with van der Waals surface area (Å²) >= 11 is 0. The summed E-state index contributed by atoms with van der Waals surface area (Å²) in [6, 6.07) is 1.08.